The van der Waals surface area contributed by atoms with Gasteiger partial charge in [0.2, 0.25) is 6.79 Å². The van der Waals surface area contributed by atoms with Crippen molar-refractivity contribution >= 4 is 33.4 Å². The SMILES string of the molecule is O=C(NCc1ccc2c(c1)OCO2)c1cc(Br)cnc1Cl. The van der Waals surface area contributed by atoms with Crippen LogP contribution in [-0.2, 0) is 6.54 Å². The molecule has 0 atom stereocenters. The number of hydrogen-bond acceptors (Lipinski definition) is 4. The molecule has 1 aliphatic rings. The molecule has 3 rings (SSSR count). The van der Waals surface area contributed by atoms with Gasteiger partial charge in [-0.15, -0.1) is 0 Å². The first-order valence-corrected chi connectivity index (χ1v) is 7.28. The van der Waals surface area contributed by atoms with Gasteiger partial charge in [0.1, 0.15) is 5.15 Å². The van der Waals surface area contributed by atoms with Gasteiger partial charge in [0, 0.05) is 17.2 Å². The molecule has 2 heterocycles. The molecule has 5 nitrogen and oxygen atoms in total. The second-order valence-electron chi connectivity index (χ2n) is 4.36. The maximum Gasteiger partial charge on any atom is 0.254 e. The van der Waals surface area contributed by atoms with Crippen LogP contribution in [-0.4, -0.2) is 17.7 Å². The monoisotopic (exact) mass is 368 g/mol. The molecule has 1 aromatic heterocycles. The third kappa shape index (κ3) is 3.11. The molecule has 0 spiro atoms. The number of pyridine rings is 1. The Morgan fingerprint density at radius 3 is 3.00 bits per heavy atom. The highest BCUT2D eigenvalue weighted by Gasteiger charge is 2.15. The van der Waals surface area contributed by atoms with Crippen LogP contribution in [0.2, 0.25) is 5.15 Å². The van der Waals surface area contributed by atoms with Crippen LogP contribution in [0.25, 0.3) is 0 Å². The molecule has 1 aliphatic heterocycles. The molecule has 0 saturated heterocycles. The van der Waals surface area contributed by atoms with E-state index in [0.717, 1.165) is 5.56 Å². The highest BCUT2D eigenvalue weighted by molar-refractivity contribution is 9.10. The molecule has 0 bridgehead atoms. The summed E-state index contributed by atoms with van der Waals surface area (Å²) in [4.78, 5) is 16.0. The van der Waals surface area contributed by atoms with Crippen molar-refractivity contribution < 1.29 is 14.3 Å². The third-order valence-electron chi connectivity index (χ3n) is 2.94. The number of nitrogens with one attached hydrogen (secondary N) is 1. The van der Waals surface area contributed by atoms with Crippen molar-refractivity contribution in [2.45, 2.75) is 6.54 Å². The minimum atomic E-state index is -0.286. The van der Waals surface area contributed by atoms with E-state index in [9.17, 15) is 4.79 Å². The van der Waals surface area contributed by atoms with Crippen molar-refractivity contribution in [1.29, 1.82) is 0 Å². The van der Waals surface area contributed by atoms with E-state index in [1.54, 1.807) is 6.07 Å². The molecule has 0 fully saturated rings. The van der Waals surface area contributed by atoms with Gasteiger partial charge in [-0.25, -0.2) is 4.98 Å². The first-order chi connectivity index (χ1) is 10.1. The molecule has 21 heavy (non-hydrogen) atoms. The van der Waals surface area contributed by atoms with E-state index >= 15 is 0 Å². The molecular weight excluding hydrogens is 360 g/mol. The lowest BCUT2D eigenvalue weighted by atomic mass is 10.2. The van der Waals surface area contributed by atoms with E-state index in [0.29, 0.717) is 28.1 Å². The number of halogens is 2. The number of carbonyl (C=O) groups excluding carboxylic acids is 1. The number of benzene rings is 1. The summed E-state index contributed by atoms with van der Waals surface area (Å²) in [5.41, 5.74) is 1.23. The number of carbonyl (C=O) groups is 1. The van der Waals surface area contributed by atoms with Crippen LogP contribution in [0.5, 0.6) is 11.5 Å². The zero-order chi connectivity index (χ0) is 14.8. The Hall–Kier alpha value is -1.79. The summed E-state index contributed by atoms with van der Waals surface area (Å²) in [6, 6.07) is 7.15. The number of aromatic nitrogens is 1. The van der Waals surface area contributed by atoms with Crippen LogP contribution in [0.3, 0.4) is 0 Å². The lowest BCUT2D eigenvalue weighted by Crippen LogP contribution is -2.23. The fourth-order valence-electron chi connectivity index (χ4n) is 1.91. The van der Waals surface area contributed by atoms with Gasteiger partial charge in [-0.3, -0.25) is 4.79 Å². The van der Waals surface area contributed by atoms with Crippen LogP contribution in [0.4, 0.5) is 0 Å². The standard InChI is InChI=1S/C14H10BrClN2O3/c15-9-4-10(13(16)17-6-9)14(19)18-5-8-1-2-11-12(3-8)21-7-20-11/h1-4,6H,5,7H2,(H,18,19). The molecule has 108 valence electrons. The van der Waals surface area contributed by atoms with Gasteiger partial charge in [-0.2, -0.15) is 0 Å². The van der Waals surface area contributed by atoms with Gasteiger partial charge in [0.05, 0.1) is 5.56 Å². The van der Waals surface area contributed by atoms with E-state index in [1.807, 2.05) is 18.2 Å². The van der Waals surface area contributed by atoms with Crippen LogP contribution < -0.4 is 14.8 Å². The summed E-state index contributed by atoms with van der Waals surface area (Å²) < 4.78 is 11.2. The molecule has 1 aromatic carbocycles. The average molecular weight is 370 g/mol. The zero-order valence-corrected chi connectivity index (χ0v) is 13.1. The van der Waals surface area contributed by atoms with E-state index in [2.05, 4.69) is 26.2 Å². The molecule has 7 heteroatoms. The summed E-state index contributed by atoms with van der Waals surface area (Å²) in [5.74, 6) is 1.11. The summed E-state index contributed by atoms with van der Waals surface area (Å²) >= 11 is 9.18. The third-order valence-corrected chi connectivity index (χ3v) is 3.68. The minimum absolute atomic E-state index is 0.168. The van der Waals surface area contributed by atoms with Crippen molar-refractivity contribution in [1.82, 2.24) is 10.3 Å². The van der Waals surface area contributed by atoms with Crippen molar-refractivity contribution in [3.8, 4) is 11.5 Å². The number of rotatable bonds is 3. The van der Waals surface area contributed by atoms with E-state index in [1.165, 1.54) is 6.20 Å². The van der Waals surface area contributed by atoms with Gasteiger partial charge < -0.3 is 14.8 Å². The average Bonchev–Trinajstić information content (AvgIpc) is 2.94. The zero-order valence-electron chi connectivity index (χ0n) is 10.7. The minimum Gasteiger partial charge on any atom is -0.454 e. The Labute approximate surface area is 134 Å². The largest absolute Gasteiger partial charge is 0.454 e. The summed E-state index contributed by atoms with van der Waals surface area (Å²) in [5, 5.41) is 2.96. The number of amides is 1. The first-order valence-electron chi connectivity index (χ1n) is 6.11. The lowest BCUT2D eigenvalue weighted by Gasteiger charge is -2.07. The van der Waals surface area contributed by atoms with Crippen LogP contribution in [0, 0.1) is 0 Å². The van der Waals surface area contributed by atoms with Gasteiger partial charge >= 0.3 is 0 Å². The maximum absolute atomic E-state index is 12.1. The highest BCUT2D eigenvalue weighted by atomic mass is 79.9. The topological polar surface area (TPSA) is 60.5 Å². The maximum atomic E-state index is 12.1. The Balaban J connectivity index is 1.70. The van der Waals surface area contributed by atoms with Crippen LogP contribution in [0.15, 0.2) is 34.9 Å². The predicted octanol–water partition coefficient (Wildman–Crippen LogP) is 3.16. The number of ether oxygens (including phenoxy) is 2. The fraction of sp³-hybridized carbons (Fsp3) is 0.143. The molecular formula is C14H10BrClN2O3. The summed E-state index contributed by atoms with van der Waals surface area (Å²) in [6.45, 7) is 0.586. The summed E-state index contributed by atoms with van der Waals surface area (Å²) in [6.07, 6.45) is 1.54. The second-order valence-corrected chi connectivity index (χ2v) is 5.64. The van der Waals surface area contributed by atoms with Crippen molar-refractivity contribution in [3.63, 3.8) is 0 Å². The second kappa shape index (κ2) is 5.91. The number of nitrogens with zero attached hydrogens (tertiary/aromatic N) is 1. The van der Waals surface area contributed by atoms with Crippen molar-refractivity contribution in [2.75, 3.05) is 6.79 Å². The fourth-order valence-corrected chi connectivity index (χ4v) is 2.43. The number of hydrogen-bond donors (Lipinski definition) is 1. The Bertz CT molecular complexity index is 709. The number of fused-ring (bicyclic) bond motifs is 1. The van der Waals surface area contributed by atoms with E-state index in [-0.39, 0.29) is 17.9 Å². The molecule has 1 N–H and O–H groups in total. The molecule has 2 aromatic rings. The van der Waals surface area contributed by atoms with Gasteiger partial charge in [0.25, 0.3) is 5.91 Å². The molecule has 0 saturated carbocycles. The van der Waals surface area contributed by atoms with Crippen LogP contribution >= 0.6 is 27.5 Å². The van der Waals surface area contributed by atoms with Crippen molar-refractivity contribution in [3.05, 3.63) is 51.2 Å². The Morgan fingerprint density at radius 2 is 2.14 bits per heavy atom. The predicted molar refractivity (Wildman–Crippen MR) is 80.7 cm³/mol. The van der Waals surface area contributed by atoms with Gasteiger partial charge in [0.15, 0.2) is 11.5 Å². The van der Waals surface area contributed by atoms with Crippen LogP contribution in [0.1, 0.15) is 15.9 Å². The molecule has 0 unspecified atom stereocenters. The normalized spacial score (nSPS) is 12.3. The Kier molecular flexibility index (Phi) is 3.98. The first kappa shape index (κ1) is 14.2. The molecule has 0 radical (unpaired) electrons. The van der Waals surface area contributed by atoms with E-state index in [4.69, 9.17) is 21.1 Å². The van der Waals surface area contributed by atoms with Gasteiger partial charge in [-0.1, -0.05) is 17.7 Å². The quantitative estimate of drug-likeness (QED) is 0.844. The van der Waals surface area contributed by atoms with Gasteiger partial charge in [-0.05, 0) is 39.7 Å². The van der Waals surface area contributed by atoms with Crippen molar-refractivity contribution in [2.24, 2.45) is 0 Å². The highest BCUT2D eigenvalue weighted by Crippen LogP contribution is 2.32. The molecule has 0 aliphatic carbocycles. The Morgan fingerprint density at radius 1 is 1.33 bits per heavy atom. The van der Waals surface area contributed by atoms with E-state index < -0.39 is 0 Å². The smallest absolute Gasteiger partial charge is 0.254 e. The summed E-state index contributed by atoms with van der Waals surface area (Å²) in [7, 11) is 0. The lowest BCUT2D eigenvalue weighted by molar-refractivity contribution is 0.0950. The molecule has 1 amide bonds.